The van der Waals surface area contributed by atoms with Crippen LogP contribution in [0.2, 0.25) is 0 Å². The zero-order valence-electron chi connectivity index (χ0n) is 24.4. The maximum Gasteiger partial charge on any atom is 0.0934 e. The van der Waals surface area contributed by atoms with E-state index in [1.165, 1.54) is 60.0 Å². The molecule has 6 heteroatoms. The highest BCUT2D eigenvalue weighted by molar-refractivity contribution is 7.19. The zero-order valence-corrected chi connectivity index (χ0v) is 26.7. The molecule has 9 rings (SSSR count). The SMILES string of the molecule is PCC1(C2C(C(P)(c3cnccn3)c3cnccn3)=CC(c3ccccc3)=C2c2ccccc2)C2CC3CC(C2)CC1C3. The number of aromatic nitrogens is 4. The van der Waals surface area contributed by atoms with E-state index >= 15 is 0 Å². The lowest BCUT2D eigenvalue weighted by atomic mass is 9.41. The van der Waals surface area contributed by atoms with E-state index in [0.717, 1.165) is 29.4 Å². The average molecular weight is 601 g/mol. The first-order valence-electron chi connectivity index (χ1n) is 15.7. The van der Waals surface area contributed by atoms with Gasteiger partial charge in [0.15, 0.2) is 0 Å². The van der Waals surface area contributed by atoms with E-state index < -0.39 is 5.16 Å². The smallest absolute Gasteiger partial charge is 0.0934 e. The minimum atomic E-state index is -0.689. The van der Waals surface area contributed by atoms with E-state index in [4.69, 9.17) is 9.97 Å². The highest BCUT2D eigenvalue weighted by Gasteiger charge is 2.63. The van der Waals surface area contributed by atoms with E-state index in [-0.39, 0.29) is 11.3 Å². The molecule has 0 aliphatic heterocycles. The second-order valence-electron chi connectivity index (χ2n) is 13.2. The Morgan fingerprint density at radius 1 is 0.698 bits per heavy atom. The Hall–Kier alpha value is -3.06. The molecule has 3 unspecified atom stereocenters. The molecular weight excluding hydrogens is 562 g/mol. The second kappa shape index (κ2) is 10.8. The van der Waals surface area contributed by atoms with Crippen LogP contribution in [0.25, 0.3) is 11.1 Å². The molecule has 0 saturated heterocycles. The quantitative estimate of drug-likeness (QED) is 0.203. The van der Waals surface area contributed by atoms with Crippen LogP contribution in [0, 0.1) is 35.0 Å². The van der Waals surface area contributed by atoms with Crippen molar-refractivity contribution in [1.82, 2.24) is 19.9 Å². The fraction of sp³-hybridized carbons (Fsp3) is 0.351. The lowest BCUT2D eigenvalue weighted by molar-refractivity contribution is -0.109. The van der Waals surface area contributed by atoms with E-state index in [2.05, 4.69) is 95.2 Å². The largest absolute Gasteiger partial charge is 0.261 e. The summed E-state index contributed by atoms with van der Waals surface area (Å²) in [6, 6.07) is 22.2. The Kier molecular flexibility index (Phi) is 6.92. The van der Waals surface area contributed by atoms with Crippen molar-refractivity contribution in [3.63, 3.8) is 0 Å². The van der Waals surface area contributed by atoms with Gasteiger partial charge in [-0.1, -0.05) is 66.7 Å². The molecule has 4 bridgehead atoms. The number of hydrogen-bond acceptors (Lipinski definition) is 4. The molecule has 3 atom stereocenters. The van der Waals surface area contributed by atoms with E-state index in [1.54, 1.807) is 12.4 Å². The lowest BCUT2D eigenvalue weighted by Crippen LogP contribution is -2.58. The first-order chi connectivity index (χ1) is 21.1. The standard InChI is InChI=1S/C37H38N4P2/c42-23-36(28-16-24-15-25(18-28)19-29(36)17-24)35-31(37(43,32-21-38-11-13-40-32)33-22-39-12-14-41-33)20-30(26-7-3-1-4-8-26)34(35)27-9-5-2-6-10-27/h1-14,20-22,24-25,28-29,35H,15-19,23,42-43H2. The summed E-state index contributed by atoms with van der Waals surface area (Å²) in [5.41, 5.74) is 8.60. The third kappa shape index (κ3) is 4.24. The Bertz CT molecular complexity index is 1600. The molecule has 4 saturated carbocycles. The molecule has 0 spiro atoms. The van der Waals surface area contributed by atoms with Gasteiger partial charge in [0.05, 0.1) is 28.9 Å². The number of nitrogens with zero attached hydrogens (tertiary/aromatic N) is 4. The van der Waals surface area contributed by atoms with Crippen LogP contribution < -0.4 is 0 Å². The summed E-state index contributed by atoms with van der Waals surface area (Å²) in [5, 5.41) is -0.689. The highest BCUT2D eigenvalue weighted by atomic mass is 31.0. The summed E-state index contributed by atoms with van der Waals surface area (Å²) in [7, 11) is 6.50. The van der Waals surface area contributed by atoms with Gasteiger partial charge in [-0.05, 0) is 95.2 Å². The van der Waals surface area contributed by atoms with Gasteiger partial charge in [-0.15, -0.1) is 18.5 Å². The van der Waals surface area contributed by atoms with Gasteiger partial charge in [0, 0.05) is 30.7 Å². The number of rotatable bonds is 7. The topological polar surface area (TPSA) is 51.6 Å². The molecule has 43 heavy (non-hydrogen) atoms. The molecule has 216 valence electrons. The Morgan fingerprint density at radius 2 is 1.23 bits per heavy atom. The van der Waals surface area contributed by atoms with Crippen LogP contribution in [0.15, 0.2) is 109 Å². The van der Waals surface area contributed by atoms with Crippen molar-refractivity contribution in [2.75, 3.05) is 6.16 Å². The molecule has 4 aromatic rings. The fourth-order valence-corrected chi connectivity index (χ4v) is 11.2. The number of benzene rings is 2. The second-order valence-corrected chi connectivity index (χ2v) is 14.5. The zero-order chi connectivity index (χ0) is 29.0. The molecule has 2 heterocycles. The molecule has 2 aromatic heterocycles. The van der Waals surface area contributed by atoms with Gasteiger partial charge in [0.1, 0.15) is 0 Å². The molecular formula is C37H38N4P2. The molecule has 2 aromatic carbocycles. The van der Waals surface area contributed by atoms with Crippen molar-refractivity contribution in [2.45, 2.75) is 37.3 Å². The van der Waals surface area contributed by atoms with E-state index in [0.29, 0.717) is 11.8 Å². The molecule has 5 aliphatic carbocycles. The maximum atomic E-state index is 4.97. The summed E-state index contributed by atoms with van der Waals surface area (Å²) in [5.74, 6) is 3.36. The van der Waals surface area contributed by atoms with Gasteiger partial charge in [-0.2, -0.15) is 0 Å². The first kappa shape index (κ1) is 27.5. The minimum Gasteiger partial charge on any atom is -0.261 e. The molecule has 0 radical (unpaired) electrons. The van der Waals surface area contributed by atoms with Crippen molar-refractivity contribution < 1.29 is 0 Å². The Morgan fingerprint density at radius 3 is 1.72 bits per heavy atom. The monoisotopic (exact) mass is 600 g/mol. The third-order valence-corrected chi connectivity index (χ3v) is 12.9. The fourth-order valence-electron chi connectivity index (χ4n) is 9.74. The molecule has 5 aliphatic rings. The van der Waals surface area contributed by atoms with Crippen LogP contribution in [0.5, 0.6) is 0 Å². The first-order valence-corrected chi connectivity index (χ1v) is 17.1. The molecule has 4 nitrogen and oxygen atoms in total. The van der Waals surface area contributed by atoms with Gasteiger partial charge in [0.2, 0.25) is 0 Å². The summed E-state index contributed by atoms with van der Waals surface area (Å²) < 4.78 is 0. The van der Waals surface area contributed by atoms with Crippen molar-refractivity contribution in [1.29, 1.82) is 0 Å². The van der Waals surface area contributed by atoms with Crippen molar-refractivity contribution in [3.8, 4) is 0 Å². The number of hydrogen-bond donors (Lipinski definition) is 0. The van der Waals surface area contributed by atoms with Crippen LogP contribution in [0.4, 0.5) is 0 Å². The highest BCUT2D eigenvalue weighted by Crippen LogP contribution is 2.71. The lowest BCUT2D eigenvalue weighted by Gasteiger charge is -2.64. The predicted molar refractivity (Wildman–Crippen MR) is 180 cm³/mol. The van der Waals surface area contributed by atoms with Gasteiger partial charge < -0.3 is 0 Å². The van der Waals surface area contributed by atoms with Crippen molar-refractivity contribution >= 4 is 29.6 Å². The molecule has 4 fully saturated rings. The summed E-state index contributed by atoms with van der Waals surface area (Å²) in [4.78, 5) is 19.1. The molecule has 0 amide bonds. The van der Waals surface area contributed by atoms with Crippen LogP contribution in [0.3, 0.4) is 0 Å². The molecule has 0 N–H and O–H groups in total. The van der Waals surface area contributed by atoms with Crippen LogP contribution >= 0.6 is 18.5 Å². The average Bonchev–Trinajstić information content (AvgIpc) is 3.48. The summed E-state index contributed by atoms with van der Waals surface area (Å²) >= 11 is 0. The van der Waals surface area contributed by atoms with Crippen molar-refractivity contribution in [3.05, 3.63) is 132 Å². The van der Waals surface area contributed by atoms with E-state index in [9.17, 15) is 0 Å². The van der Waals surface area contributed by atoms with Gasteiger partial charge >= 0.3 is 0 Å². The Balaban J connectivity index is 1.45. The van der Waals surface area contributed by atoms with Gasteiger partial charge in [0.25, 0.3) is 0 Å². The summed E-state index contributed by atoms with van der Waals surface area (Å²) in [6.07, 6.45) is 21.4. The van der Waals surface area contributed by atoms with Gasteiger partial charge in [-0.3, -0.25) is 19.9 Å². The summed E-state index contributed by atoms with van der Waals surface area (Å²) in [6.45, 7) is 0. The van der Waals surface area contributed by atoms with Crippen LogP contribution in [0.1, 0.15) is 54.6 Å². The van der Waals surface area contributed by atoms with E-state index in [1.807, 2.05) is 24.8 Å². The minimum absolute atomic E-state index is 0.123. The predicted octanol–water partition coefficient (Wildman–Crippen LogP) is 7.87. The van der Waals surface area contributed by atoms with Crippen LogP contribution in [-0.4, -0.2) is 26.1 Å². The normalized spacial score (nSPS) is 29.6. The maximum absolute atomic E-state index is 4.97. The van der Waals surface area contributed by atoms with Crippen molar-refractivity contribution in [2.24, 2.45) is 35.0 Å². The van der Waals surface area contributed by atoms with Gasteiger partial charge in [-0.25, -0.2) is 0 Å². The Labute approximate surface area is 259 Å². The number of allylic oxidation sites excluding steroid dienone is 4. The van der Waals surface area contributed by atoms with Crippen LogP contribution in [-0.2, 0) is 5.16 Å². The third-order valence-electron chi connectivity index (χ3n) is 11.3.